The van der Waals surface area contributed by atoms with Crippen LogP contribution in [-0.4, -0.2) is 12.7 Å². The number of fused-ring (bicyclic) bond motifs is 1. The van der Waals surface area contributed by atoms with E-state index in [0.29, 0.717) is 29.8 Å². The Balaban J connectivity index is 2.02. The maximum absolute atomic E-state index is 6.25. The fraction of sp³-hybridized carbons (Fsp3) is 0.765. The first kappa shape index (κ1) is 13.9. The Bertz CT molecular complexity index is 329. The molecule has 2 aliphatic carbocycles. The first-order valence-electron chi connectivity index (χ1n) is 7.61. The molecule has 1 heteroatoms. The largest absolute Gasteiger partial charge is 0.377 e. The summed E-state index contributed by atoms with van der Waals surface area (Å²) in [7, 11) is 0. The van der Waals surface area contributed by atoms with Crippen LogP contribution in [0.15, 0.2) is 23.8 Å². The molecule has 0 aromatic rings. The Morgan fingerprint density at radius 1 is 1.28 bits per heavy atom. The van der Waals surface area contributed by atoms with Gasteiger partial charge in [0.05, 0.1) is 6.10 Å². The van der Waals surface area contributed by atoms with Crippen LogP contribution in [0.5, 0.6) is 0 Å². The normalized spacial score (nSPS) is 37.0. The van der Waals surface area contributed by atoms with Gasteiger partial charge in [0, 0.05) is 12.5 Å². The molecule has 2 aliphatic rings. The van der Waals surface area contributed by atoms with E-state index in [9.17, 15) is 0 Å². The van der Waals surface area contributed by atoms with Crippen LogP contribution in [0.25, 0.3) is 0 Å². The Kier molecular flexibility index (Phi) is 4.66. The minimum absolute atomic E-state index is 0.446. The van der Waals surface area contributed by atoms with Crippen LogP contribution in [0.2, 0.25) is 0 Å². The van der Waals surface area contributed by atoms with Crippen LogP contribution in [0.3, 0.4) is 0 Å². The van der Waals surface area contributed by atoms with Crippen LogP contribution < -0.4 is 0 Å². The van der Waals surface area contributed by atoms with Crippen molar-refractivity contribution < 1.29 is 4.74 Å². The molecule has 0 aromatic carbocycles. The molecule has 5 atom stereocenters. The molecule has 1 nitrogen and oxygen atoms in total. The minimum atomic E-state index is 0.446. The van der Waals surface area contributed by atoms with E-state index in [2.05, 4.69) is 45.9 Å². The van der Waals surface area contributed by atoms with Gasteiger partial charge in [-0.1, -0.05) is 52.3 Å². The number of hydrogen-bond donors (Lipinski definition) is 0. The van der Waals surface area contributed by atoms with Gasteiger partial charge in [-0.05, 0) is 36.2 Å². The van der Waals surface area contributed by atoms with E-state index >= 15 is 0 Å². The maximum atomic E-state index is 6.25. The van der Waals surface area contributed by atoms with Gasteiger partial charge in [-0.15, -0.1) is 0 Å². The predicted molar refractivity (Wildman–Crippen MR) is 77.5 cm³/mol. The average Bonchev–Trinajstić information content (AvgIpc) is 2.36. The molecule has 0 heterocycles. The molecule has 1 unspecified atom stereocenters. The molecule has 102 valence electrons. The summed E-state index contributed by atoms with van der Waals surface area (Å²) in [6.45, 7) is 10.1. The fourth-order valence-electron chi connectivity index (χ4n) is 3.08. The van der Waals surface area contributed by atoms with Gasteiger partial charge < -0.3 is 4.74 Å². The van der Waals surface area contributed by atoms with Crippen LogP contribution in [0.4, 0.5) is 0 Å². The summed E-state index contributed by atoms with van der Waals surface area (Å²) in [5, 5.41) is 0. The van der Waals surface area contributed by atoms with Gasteiger partial charge in [-0.2, -0.15) is 0 Å². The van der Waals surface area contributed by atoms with Crippen molar-refractivity contribution in [1.82, 2.24) is 0 Å². The van der Waals surface area contributed by atoms with Crippen LogP contribution >= 0.6 is 0 Å². The standard InChI is InChI=1S/C17H28O/c1-5-12(2)11-18-17-10-14(4)8-15-7-6-13(3)9-16(15)17/h6-8,12-14,16-17H,5,9-11H2,1-4H3/t12?,13-,14+,16-,17+/m1/s1. The monoisotopic (exact) mass is 248 g/mol. The lowest BCUT2D eigenvalue weighted by molar-refractivity contribution is -0.0143. The van der Waals surface area contributed by atoms with Crippen molar-refractivity contribution in [2.75, 3.05) is 6.61 Å². The van der Waals surface area contributed by atoms with Crippen LogP contribution in [0.1, 0.15) is 47.0 Å². The van der Waals surface area contributed by atoms with Crippen molar-refractivity contribution in [3.63, 3.8) is 0 Å². The molecular weight excluding hydrogens is 220 g/mol. The summed E-state index contributed by atoms with van der Waals surface area (Å²) in [6.07, 6.45) is 11.3. The average molecular weight is 248 g/mol. The van der Waals surface area contributed by atoms with Gasteiger partial charge in [0.25, 0.3) is 0 Å². The van der Waals surface area contributed by atoms with Crippen molar-refractivity contribution in [1.29, 1.82) is 0 Å². The predicted octanol–water partition coefficient (Wildman–Crippen LogP) is 4.60. The van der Waals surface area contributed by atoms with E-state index in [1.54, 1.807) is 0 Å². The zero-order valence-electron chi connectivity index (χ0n) is 12.4. The first-order chi connectivity index (χ1) is 8.60. The van der Waals surface area contributed by atoms with Crippen molar-refractivity contribution in [2.24, 2.45) is 23.7 Å². The van der Waals surface area contributed by atoms with Gasteiger partial charge in [0.15, 0.2) is 0 Å². The summed E-state index contributed by atoms with van der Waals surface area (Å²) in [6, 6.07) is 0. The van der Waals surface area contributed by atoms with Crippen molar-refractivity contribution in [3.05, 3.63) is 23.8 Å². The number of ether oxygens (including phenoxy) is 1. The zero-order valence-corrected chi connectivity index (χ0v) is 12.4. The number of rotatable bonds is 4. The molecule has 0 fully saturated rings. The third-order valence-electron chi connectivity index (χ3n) is 4.49. The lowest BCUT2D eigenvalue weighted by atomic mass is 9.73. The highest BCUT2D eigenvalue weighted by Crippen LogP contribution is 2.39. The molecule has 0 aromatic heterocycles. The summed E-state index contributed by atoms with van der Waals surface area (Å²) in [5.74, 6) is 2.70. The highest BCUT2D eigenvalue weighted by atomic mass is 16.5. The Morgan fingerprint density at radius 3 is 2.78 bits per heavy atom. The minimum Gasteiger partial charge on any atom is -0.377 e. The first-order valence-corrected chi connectivity index (χ1v) is 7.61. The van der Waals surface area contributed by atoms with Crippen LogP contribution in [-0.2, 0) is 4.74 Å². The Hall–Kier alpha value is -0.560. The SMILES string of the molecule is CCC(C)CO[C@H]1C[C@@H](C)C=C2C=C[C@@H](C)C[C@H]21. The highest BCUT2D eigenvalue weighted by Gasteiger charge is 2.33. The second-order valence-corrected chi connectivity index (χ2v) is 6.44. The van der Waals surface area contributed by atoms with Crippen molar-refractivity contribution >= 4 is 0 Å². The fourth-order valence-corrected chi connectivity index (χ4v) is 3.08. The molecule has 0 radical (unpaired) electrons. The van der Waals surface area contributed by atoms with Gasteiger partial charge in [-0.3, -0.25) is 0 Å². The molecule has 0 saturated heterocycles. The maximum Gasteiger partial charge on any atom is 0.0649 e. The summed E-state index contributed by atoms with van der Waals surface area (Å²) in [5.41, 5.74) is 1.53. The topological polar surface area (TPSA) is 9.23 Å². The number of hydrogen-bond acceptors (Lipinski definition) is 1. The molecule has 0 aliphatic heterocycles. The molecular formula is C17H28O. The molecule has 0 N–H and O–H groups in total. The molecule has 18 heavy (non-hydrogen) atoms. The Labute approximate surface area is 112 Å². The molecule has 0 amide bonds. The lowest BCUT2D eigenvalue weighted by Crippen LogP contribution is -2.34. The van der Waals surface area contributed by atoms with E-state index in [1.165, 1.54) is 24.8 Å². The van der Waals surface area contributed by atoms with Crippen molar-refractivity contribution in [3.8, 4) is 0 Å². The lowest BCUT2D eigenvalue weighted by Gasteiger charge is -2.38. The summed E-state index contributed by atoms with van der Waals surface area (Å²) in [4.78, 5) is 0. The molecule has 0 spiro atoms. The second-order valence-electron chi connectivity index (χ2n) is 6.44. The Morgan fingerprint density at radius 2 is 2.06 bits per heavy atom. The van der Waals surface area contributed by atoms with Crippen molar-refractivity contribution in [2.45, 2.75) is 53.1 Å². The van der Waals surface area contributed by atoms with Gasteiger partial charge >= 0.3 is 0 Å². The van der Waals surface area contributed by atoms with Gasteiger partial charge in [0.1, 0.15) is 0 Å². The van der Waals surface area contributed by atoms with E-state index in [0.717, 1.165) is 6.61 Å². The van der Waals surface area contributed by atoms with E-state index in [-0.39, 0.29) is 0 Å². The molecule has 2 rings (SSSR count). The van der Waals surface area contributed by atoms with Crippen LogP contribution in [0, 0.1) is 23.7 Å². The number of allylic oxidation sites excluding steroid dienone is 3. The third-order valence-corrected chi connectivity index (χ3v) is 4.49. The van der Waals surface area contributed by atoms with Gasteiger partial charge in [0.2, 0.25) is 0 Å². The molecule has 0 saturated carbocycles. The van der Waals surface area contributed by atoms with E-state index in [1.807, 2.05) is 0 Å². The smallest absolute Gasteiger partial charge is 0.0649 e. The summed E-state index contributed by atoms with van der Waals surface area (Å²) < 4.78 is 6.25. The summed E-state index contributed by atoms with van der Waals surface area (Å²) >= 11 is 0. The third kappa shape index (κ3) is 3.26. The van der Waals surface area contributed by atoms with E-state index in [4.69, 9.17) is 4.74 Å². The van der Waals surface area contributed by atoms with E-state index < -0.39 is 0 Å². The molecule has 0 bridgehead atoms. The zero-order chi connectivity index (χ0) is 13.1. The van der Waals surface area contributed by atoms with Gasteiger partial charge in [-0.25, -0.2) is 0 Å². The second kappa shape index (κ2) is 6.06. The highest BCUT2D eigenvalue weighted by molar-refractivity contribution is 5.29. The quantitative estimate of drug-likeness (QED) is 0.706.